The predicted molar refractivity (Wildman–Crippen MR) is 88.1 cm³/mol. The number of amides is 4. The van der Waals surface area contributed by atoms with Crippen molar-refractivity contribution in [2.24, 2.45) is 5.92 Å². The van der Waals surface area contributed by atoms with E-state index in [2.05, 4.69) is 27.3 Å². The van der Waals surface area contributed by atoms with E-state index in [4.69, 9.17) is 0 Å². The third-order valence-corrected chi connectivity index (χ3v) is 6.05. The van der Waals surface area contributed by atoms with Gasteiger partial charge < -0.3 is 15.5 Å². The van der Waals surface area contributed by atoms with Crippen molar-refractivity contribution < 1.29 is 9.59 Å². The largest absolute Gasteiger partial charge is 0.337 e. The average Bonchev–Trinajstić information content (AvgIpc) is 3.00. The molecule has 0 aromatic heterocycles. The molecule has 4 amide bonds. The van der Waals surface area contributed by atoms with Gasteiger partial charge in [-0.3, -0.25) is 0 Å². The maximum absolute atomic E-state index is 12.0. The summed E-state index contributed by atoms with van der Waals surface area (Å²) in [6, 6.07) is 0.259. The number of rotatable bonds is 3. The van der Waals surface area contributed by atoms with E-state index in [1.54, 1.807) is 0 Å². The van der Waals surface area contributed by atoms with Gasteiger partial charge in [-0.25, -0.2) is 14.5 Å². The van der Waals surface area contributed by atoms with Crippen LogP contribution in [0.3, 0.4) is 0 Å². The number of nitrogens with one attached hydrogen (secondary N) is 2. The summed E-state index contributed by atoms with van der Waals surface area (Å²) in [6.45, 7) is 4.03. The maximum Gasteiger partial charge on any atom is 0.325 e. The Labute approximate surface area is 136 Å². The summed E-state index contributed by atoms with van der Waals surface area (Å²) < 4.78 is 0. The minimum atomic E-state index is -0.275. The van der Waals surface area contributed by atoms with Crippen LogP contribution in [0.15, 0.2) is 0 Å². The summed E-state index contributed by atoms with van der Waals surface area (Å²) in [6.07, 6.45) is 4.96. The number of hydrogen-bond donors (Lipinski definition) is 2. The zero-order valence-electron chi connectivity index (χ0n) is 13.1. The minimum absolute atomic E-state index is 0.248. The van der Waals surface area contributed by atoms with Crippen molar-refractivity contribution in [2.75, 3.05) is 44.2 Å². The summed E-state index contributed by atoms with van der Waals surface area (Å²) in [5.41, 5.74) is 0. The van der Waals surface area contributed by atoms with Crippen molar-refractivity contribution in [3.05, 3.63) is 0 Å². The number of piperidine rings is 1. The molecule has 0 saturated carbocycles. The van der Waals surface area contributed by atoms with Crippen LogP contribution in [0.25, 0.3) is 0 Å². The van der Waals surface area contributed by atoms with Crippen molar-refractivity contribution >= 4 is 23.8 Å². The molecule has 0 aromatic carbocycles. The third-order valence-electron chi connectivity index (χ3n) is 5.00. The lowest BCUT2D eigenvalue weighted by Crippen LogP contribution is -2.47. The number of likely N-dealkylation sites (tertiary alicyclic amines) is 1. The van der Waals surface area contributed by atoms with Crippen LogP contribution in [0.1, 0.15) is 25.7 Å². The van der Waals surface area contributed by atoms with Crippen LogP contribution < -0.4 is 10.6 Å². The third kappa shape index (κ3) is 3.87. The van der Waals surface area contributed by atoms with Gasteiger partial charge in [0.05, 0.1) is 0 Å². The second-order valence-electron chi connectivity index (χ2n) is 6.39. The van der Waals surface area contributed by atoms with Crippen LogP contribution in [0.4, 0.5) is 9.59 Å². The van der Waals surface area contributed by atoms with Gasteiger partial charge in [-0.15, -0.1) is 0 Å². The van der Waals surface area contributed by atoms with Gasteiger partial charge in [0.2, 0.25) is 0 Å². The van der Waals surface area contributed by atoms with E-state index < -0.39 is 0 Å². The van der Waals surface area contributed by atoms with Gasteiger partial charge in [0.25, 0.3) is 0 Å². The van der Waals surface area contributed by atoms with Crippen LogP contribution in [-0.4, -0.2) is 72.1 Å². The monoisotopic (exact) mass is 326 g/mol. The molecule has 22 heavy (non-hydrogen) atoms. The minimum Gasteiger partial charge on any atom is -0.337 e. The quantitative estimate of drug-likeness (QED) is 0.821. The number of carbonyl (C=O) groups excluding carboxylic acids is 2. The Morgan fingerprint density at radius 3 is 2.55 bits per heavy atom. The number of urea groups is 2. The highest BCUT2D eigenvalue weighted by molar-refractivity contribution is 7.99. The Morgan fingerprint density at radius 2 is 1.91 bits per heavy atom. The lowest BCUT2D eigenvalue weighted by atomic mass is 9.94. The highest BCUT2D eigenvalue weighted by Crippen LogP contribution is 2.26. The molecule has 0 aliphatic carbocycles. The molecule has 3 aliphatic rings. The lowest BCUT2D eigenvalue weighted by molar-refractivity contribution is 0.124. The second kappa shape index (κ2) is 7.55. The number of imide groups is 1. The molecule has 0 aromatic rings. The van der Waals surface area contributed by atoms with Crippen molar-refractivity contribution in [1.82, 2.24) is 20.4 Å². The van der Waals surface area contributed by atoms with Gasteiger partial charge in [-0.2, -0.15) is 11.8 Å². The molecule has 3 rings (SSSR count). The molecule has 3 aliphatic heterocycles. The Morgan fingerprint density at radius 1 is 1.18 bits per heavy atom. The molecule has 3 fully saturated rings. The Kier molecular flexibility index (Phi) is 5.46. The topological polar surface area (TPSA) is 64.7 Å². The summed E-state index contributed by atoms with van der Waals surface area (Å²) in [4.78, 5) is 27.3. The van der Waals surface area contributed by atoms with E-state index in [0.29, 0.717) is 25.6 Å². The van der Waals surface area contributed by atoms with Gasteiger partial charge in [0, 0.05) is 25.7 Å². The van der Waals surface area contributed by atoms with E-state index in [1.165, 1.54) is 29.2 Å². The van der Waals surface area contributed by atoms with Crippen molar-refractivity contribution in [2.45, 2.75) is 31.7 Å². The normalized spacial score (nSPS) is 25.3. The molecule has 0 atom stereocenters. The Balaban J connectivity index is 1.36. The molecule has 0 unspecified atom stereocenters. The van der Waals surface area contributed by atoms with E-state index in [-0.39, 0.29) is 12.1 Å². The first-order valence-corrected chi connectivity index (χ1v) is 9.54. The molecule has 3 saturated heterocycles. The molecule has 124 valence electrons. The molecule has 0 radical (unpaired) electrons. The maximum atomic E-state index is 12.0. The molecule has 2 N–H and O–H groups in total. The van der Waals surface area contributed by atoms with E-state index in [9.17, 15) is 9.59 Å². The molecule has 0 spiro atoms. The second-order valence-corrected chi connectivity index (χ2v) is 7.62. The van der Waals surface area contributed by atoms with Crippen LogP contribution in [-0.2, 0) is 0 Å². The van der Waals surface area contributed by atoms with Crippen LogP contribution in [0.2, 0.25) is 0 Å². The summed E-state index contributed by atoms with van der Waals surface area (Å²) in [5.74, 6) is 3.15. The molecular weight excluding hydrogens is 300 g/mol. The van der Waals surface area contributed by atoms with Gasteiger partial charge in [0.15, 0.2) is 0 Å². The fourth-order valence-corrected chi connectivity index (χ4v) is 4.65. The van der Waals surface area contributed by atoms with E-state index in [1.807, 2.05) is 0 Å². The molecule has 7 heteroatoms. The highest BCUT2D eigenvalue weighted by atomic mass is 32.2. The van der Waals surface area contributed by atoms with Crippen LogP contribution >= 0.6 is 11.8 Å². The van der Waals surface area contributed by atoms with Crippen LogP contribution in [0.5, 0.6) is 0 Å². The lowest BCUT2D eigenvalue weighted by Gasteiger charge is -2.39. The Hall–Kier alpha value is -0.950. The number of thioether (sulfide) groups is 1. The first-order chi connectivity index (χ1) is 10.7. The van der Waals surface area contributed by atoms with E-state index >= 15 is 0 Å². The zero-order chi connectivity index (χ0) is 15.4. The van der Waals surface area contributed by atoms with Crippen LogP contribution in [0, 0.1) is 5.92 Å². The smallest absolute Gasteiger partial charge is 0.325 e. The van der Waals surface area contributed by atoms with Crippen molar-refractivity contribution in [3.8, 4) is 0 Å². The summed E-state index contributed by atoms with van der Waals surface area (Å²) >= 11 is 2.08. The van der Waals surface area contributed by atoms with Gasteiger partial charge in [-0.1, -0.05) is 0 Å². The first kappa shape index (κ1) is 15.9. The standard InChI is InChI=1S/C15H26N4O2S/c20-14-16-5-8-19(14)15(21)17-11-12-1-6-18(7-2-12)13-3-9-22-10-4-13/h12-13H,1-11H2,(H,16,20)(H,17,21). The van der Waals surface area contributed by atoms with E-state index in [0.717, 1.165) is 32.0 Å². The van der Waals surface area contributed by atoms with Gasteiger partial charge >= 0.3 is 12.1 Å². The molecule has 6 nitrogen and oxygen atoms in total. The Bertz CT molecular complexity index is 406. The fourth-order valence-electron chi connectivity index (χ4n) is 3.56. The number of carbonyl (C=O) groups is 2. The van der Waals surface area contributed by atoms with Crippen molar-refractivity contribution in [1.29, 1.82) is 0 Å². The van der Waals surface area contributed by atoms with Crippen molar-refractivity contribution in [3.63, 3.8) is 0 Å². The van der Waals surface area contributed by atoms with Gasteiger partial charge in [-0.05, 0) is 56.2 Å². The number of nitrogens with zero attached hydrogens (tertiary/aromatic N) is 2. The first-order valence-electron chi connectivity index (χ1n) is 8.39. The molecule has 3 heterocycles. The predicted octanol–water partition coefficient (Wildman–Crippen LogP) is 1.33. The SMILES string of the molecule is O=C1NCCN1C(=O)NCC1CCN(C2CCSCC2)CC1. The molecular formula is C15H26N4O2S. The fraction of sp³-hybridized carbons (Fsp3) is 0.867. The average molecular weight is 326 g/mol. The zero-order valence-corrected chi connectivity index (χ0v) is 13.9. The molecule has 0 bridgehead atoms. The number of hydrogen-bond acceptors (Lipinski definition) is 4. The summed E-state index contributed by atoms with van der Waals surface area (Å²) in [5, 5.41) is 5.57. The van der Waals surface area contributed by atoms with Gasteiger partial charge in [0.1, 0.15) is 0 Å². The highest BCUT2D eigenvalue weighted by Gasteiger charge is 2.29. The summed E-state index contributed by atoms with van der Waals surface area (Å²) in [7, 11) is 0.